The molecule has 3 heteroatoms. The van der Waals surface area contributed by atoms with Gasteiger partial charge in [-0.05, 0) is 22.1 Å². The molecule has 0 saturated carbocycles. The smallest absolute Gasteiger partial charge is 0.303 e. The van der Waals surface area contributed by atoms with Crippen LogP contribution in [0.1, 0.15) is 26.7 Å². The van der Waals surface area contributed by atoms with E-state index < -0.39 is 5.97 Å². The van der Waals surface area contributed by atoms with Gasteiger partial charge >= 0.3 is 5.97 Å². The summed E-state index contributed by atoms with van der Waals surface area (Å²) < 4.78 is 0. The second-order valence-electron chi connectivity index (χ2n) is 3.16. The van der Waals surface area contributed by atoms with Crippen molar-refractivity contribution < 1.29 is 9.90 Å². The van der Waals surface area contributed by atoms with E-state index in [9.17, 15) is 4.79 Å². The fourth-order valence-corrected chi connectivity index (χ4v) is 1.41. The van der Waals surface area contributed by atoms with Crippen LogP contribution in [0.4, 0.5) is 0 Å². The summed E-state index contributed by atoms with van der Waals surface area (Å²) in [5.41, 5.74) is 0. The minimum atomic E-state index is -0.781. The third-order valence-electron chi connectivity index (χ3n) is 1.54. The Morgan fingerprint density at radius 2 is 1.92 bits per heavy atom. The Labute approximate surface area is 83.7 Å². The number of hydrogen-bond donors (Lipinski definition) is 1. The summed E-state index contributed by atoms with van der Waals surface area (Å²) in [6.45, 7) is 11.8. The summed E-state index contributed by atoms with van der Waals surface area (Å²) in [6.07, 6.45) is 0.670. The highest BCUT2D eigenvalue weighted by atomic mass is 32.2. The number of carbonyl (C=O) groups is 1. The zero-order valence-electron chi connectivity index (χ0n) is 8.17. The number of allylic oxidation sites excluding steroid dienone is 2. The van der Waals surface area contributed by atoms with E-state index in [-0.39, 0.29) is 6.42 Å². The van der Waals surface area contributed by atoms with E-state index >= 15 is 0 Å². The predicted molar refractivity (Wildman–Crippen MR) is 57.6 cm³/mol. The lowest BCUT2D eigenvalue weighted by atomic mass is 10.2. The maximum atomic E-state index is 10.3. The number of carboxylic acids is 1. The molecule has 2 nitrogen and oxygen atoms in total. The molecular formula is C10H16O2S. The molecule has 0 atom stereocenters. The Hall–Kier alpha value is -0.700. The fraction of sp³-hybridized carbons (Fsp3) is 0.500. The zero-order valence-corrected chi connectivity index (χ0v) is 8.99. The van der Waals surface area contributed by atoms with Crippen molar-refractivity contribution in [2.24, 2.45) is 5.92 Å². The molecule has 0 rings (SSSR count). The molecule has 0 aromatic heterocycles. The first-order chi connectivity index (χ1) is 5.93. The summed E-state index contributed by atoms with van der Waals surface area (Å²) in [4.78, 5) is 12.2. The van der Waals surface area contributed by atoms with Crippen LogP contribution < -0.4 is 0 Å². The first-order valence-electron chi connectivity index (χ1n) is 4.19. The number of rotatable bonds is 6. The van der Waals surface area contributed by atoms with Gasteiger partial charge in [0.15, 0.2) is 0 Å². The van der Waals surface area contributed by atoms with Crippen LogP contribution in [0.2, 0.25) is 0 Å². The van der Waals surface area contributed by atoms with E-state index in [1.54, 1.807) is 0 Å². The Morgan fingerprint density at radius 1 is 1.38 bits per heavy atom. The van der Waals surface area contributed by atoms with Crippen LogP contribution in [0.3, 0.4) is 0 Å². The monoisotopic (exact) mass is 200 g/mol. The van der Waals surface area contributed by atoms with Crippen LogP contribution in [0.15, 0.2) is 23.0 Å². The van der Waals surface area contributed by atoms with Gasteiger partial charge in [-0.25, -0.2) is 0 Å². The largest absolute Gasteiger partial charge is 0.481 e. The normalized spacial score (nSPS) is 10.1. The standard InChI is InChI=1S/C10H16O2S/c1-7(2)9(4)13-8(3)5-6-10(11)12/h7H,3-6H2,1-2H3,(H,11,12). The van der Waals surface area contributed by atoms with Crippen LogP contribution in [0, 0.1) is 5.92 Å². The van der Waals surface area contributed by atoms with Crippen molar-refractivity contribution in [3.8, 4) is 0 Å². The third kappa shape index (κ3) is 6.46. The molecule has 0 aromatic carbocycles. The SMILES string of the molecule is C=C(CCC(=O)O)SC(=C)C(C)C. The topological polar surface area (TPSA) is 37.3 Å². The quantitative estimate of drug-likeness (QED) is 0.715. The van der Waals surface area contributed by atoms with Gasteiger partial charge in [-0.1, -0.05) is 38.8 Å². The van der Waals surface area contributed by atoms with E-state index in [0.29, 0.717) is 12.3 Å². The highest BCUT2D eigenvalue weighted by Crippen LogP contribution is 2.30. The van der Waals surface area contributed by atoms with Gasteiger partial charge in [0.25, 0.3) is 0 Å². The lowest BCUT2D eigenvalue weighted by Crippen LogP contribution is -1.94. The summed E-state index contributed by atoms with van der Waals surface area (Å²) in [7, 11) is 0. The highest BCUT2D eigenvalue weighted by molar-refractivity contribution is 8.06. The van der Waals surface area contributed by atoms with Crippen LogP contribution in [0.5, 0.6) is 0 Å². The molecule has 0 aliphatic rings. The molecule has 0 unspecified atom stereocenters. The van der Waals surface area contributed by atoms with Crippen LogP contribution in [-0.4, -0.2) is 11.1 Å². The lowest BCUT2D eigenvalue weighted by molar-refractivity contribution is -0.136. The van der Waals surface area contributed by atoms with E-state index in [4.69, 9.17) is 5.11 Å². The summed E-state index contributed by atoms with van der Waals surface area (Å²) in [5.74, 6) is -0.372. The van der Waals surface area contributed by atoms with Gasteiger partial charge in [-0.15, -0.1) is 0 Å². The van der Waals surface area contributed by atoms with E-state index in [1.807, 2.05) is 0 Å². The number of carboxylic acid groups (broad SMARTS) is 1. The van der Waals surface area contributed by atoms with Crippen molar-refractivity contribution in [2.45, 2.75) is 26.7 Å². The van der Waals surface area contributed by atoms with Gasteiger partial charge in [0, 0.05) is 6.42 Å². The molecule has 0 amide bonds. The van der Waals surface area contributed by atoms with Gasteiger partial charge in [0.05, 0.1) is 0 Å². The molecule has 74 valence electrons. The van der Waals surface area contributed by atoms with Gasteiger partial charge in [-0.3, -0.25) is 4.79 Å². The Bertz CT molecular complexity index is 219. The van der Waals surface area contributed by atoms with Gasteiger partial charge in [0.1, 0.15) is 0 Å². The number of hydrogen-bond acceptors (Lipinski definition) is 2. The summed E-state index contributed by atoms with van der Waals surface area (Å²) in [6, 6.07) is 0. The van der Waals surface area contributed by atoms with Crippen molar-refractivity contribution in [3.05, 3.63) is 23.0 Å². The van der Waals surface area contributed by atoms with E-state index in [1.165, 1.54) is 11.8 Å². The van der Waals surface area contributed by atoms with Gasteiger partial charge in [-0.2, -0.15) is 0 Å². The molecule has 0 spiro atoms. The predicted octanol–water partition coefficient (Wildman–Crippen LogP) is 3.27. The zero-order chi connectivity index (χ0) is 10.4. The van der Waals surface area contributed by atoms with Gasteiger partial charge < -0.3 is 5.11 Å². The minimum absolute atomic E-state index is 0.150. The van der Waals surface area contributed by atoms with E-state index in [0.717, 1.165) is 9.81 Å². The van der Waals surface area contributed by atoms with Crippen molar-refractivity contribution in [1.29, 1.82) is 0 Å². The van der Waals surface area contributed by atoms with Crippen molar-refractivity contribution >= 4 is 17.7 Å². The van der Waals surface area contributed by atoms with Crippen LogP contribution in [0.25, 0.3) is 0 Å². The molecule has 0 bridgehead atoms. The summed E-state index contributed by atoms with van der Waals surface area (Å²) >= 11 is 1.50. The molecule has 0 heterocycles. The molecule has 0 aliphatic heterocycles. The fourth-order valence-electron chi connectivity index (χ4n) is 0.601. The van der Waals surface area contributed by atoms with Gasteiger partial charge in [0.2, 0.25) is 0 Å². The molecular weight excluding hydrogens is 184 g/mol. The molecule has 0 aromatic rings. The van der Waals surface area contributed by atoms with Crippen LogP contribution in [-0.2, 0) is 4.79 Å². The maximum absolute atomic E-state index is 10.3. The van der Waals surface area contributed by atoms with Crippen molar-refractivity contribution in [2.75, 3.05) is 0 Å². The number of thioether (sulfide) groups is 1. The van der Waals surface area contributed by atoms with E-state index in [2.05, 4.69) is 27.0 Å². The maximum Gasteiger partial charge on any atom is 0.303 e. The molecule has 13 heavy (non-hydrogen) atoms. The summed E-state index contributed by atoms with van der Waals surface area (Å²) in [5, 5.41) is 8.43. The molecule has 0 fully saturated rings. The minimum Gasteiger partial charge on any atom is -0.481 e. The lowest BCUT2D eigenvalue weighted by Gasteiger charge is -2.09. The second kappa shape index (κ2) is 5.86. The van der Waals surface area contributed by atoms with Crippen LogP contribution >= 0.6 is 11.8 Å². The third-order valence-corrected chi connectivity index (χ3v) is 2.76. The average molecular weight is 200 g/mol. The number of aliphatic carboxylic acids is 1. The Balaban J connectivity index is 3.75. The molecule has 0 saturated heterocycles. The first kappa shape index (κ1) is 12.3. The highest BCUT2D eigenvalue weighted by Gasteiger charge is 2.05. The second-order valence-corrected chi connectivity index (χ2v) is 4.46. The molecule has 0 radical (unpaired) electrons. The Morgan fingerprint density at radius 3 is 2.31 bits per heavy atom. The molecule has 1 N–H and O–H groups in total. The van der Waals surface area contributed by atoms with Crippen molar-refractivity contribution in [1.82, 2.24) is 0 Å². The van der Waals surface area contributed by atoms with Crippen molar-refractivity contribution in [3.63, 3.8) is 0 Å². The Kier molecular flexibility index (Phi) is 5.55. The first-order valence-corrected chi connectivity index (χ1v) is 5.01. The molecule has 0 aliphatic carbocycles. The average Bonchev–Trinajstić information content (AvgIpc) is 2.00.